The smallest absolute Gasteiger partial charge is 0.226 e. The highest BCUT2D eigenvalue weighted by Gasteiger charge is 2.08. The fraction of sp³-hybridized carbons (Fsp3) is 0.360. The summed E-state index contributed by atoms with van der Waals surface area (Å²) in [7, 11) is 1.66. The quantitative estimate of drug-likeness (QED) is 0.159. The largest absolute Gasteiger partial charge is 0.491 e. The number of halogens is 1. The van der Waals surface area contributed by atoms with Crippen LogP contribution in [0.4, 0.5) is 0 Å². The van der Waals surface area contributed by atoms with Gasteiger partial charge in [-0.05, 0) is 44.5 Å². The predicted molar refractivity (Wildman–Crippen MR) is 142 cm³/mol. The molecule has 0 radical (unpaired) electrons. The normalized spacial score (nSPS) is 11.1. The fourth-order valence-corrected chi connectivity index (χ4v) is 3.06. The number of aromatic nitrogens is 1. The second-order valence-corrected chi connectivity index (χ2v) is 7.51. The van der Waals surface area contributed by atoms with Crippen LogP contribution < -0.4 is 15.4 Å². The number of aryl methyl sites for hydroxylation is 2. The number of methoxy groups -OCH3 is 1. The molecule has 1 heterocycles. The number of nitrogens with zero attached hydrogens (tertiary/aromatic N) is 2. The average molecular weight is 564 g/mol. The van der Waals surface area contributed by atoms with Crippen molar-refractivity contribution >= 4 is 29.9 Å². The Hall–Kier alpha value is -2.59. The molecule has 0 aliphatic carbocycles. The van der Waals surface area contributed by atoms with Crippen LogP contribution in [0.5, 0.6) is 5.75 Å². The number of rotatable bonds is 10. The van der Waals surface area contributed by atoms with Crippen LogP contribution in [-0.4, -0.2) is 37.8 Å². The Morgan fingerprint density at radius 2 is 1.79 bits per heavy atom. The van der Waals surface area contributed by atoms with Gasteiger partial charge in [-0.25, -0.2) is 9.98 Å². The second-order valence-electron chi connectivity index (χ2n) is 7.51. The van der Waals surface area contributed by atoms with Crippen LogP contribution >= 0.6 is 24.0 Å². The summed E-state index contributed by atoms with van der Waals surface area (Å²) >= 11 is 0. The molecule has 8 heteroatoms. The maximum absolute atomic E-state index is 5.87. The van der Waals surface area contributed by atoms with Crippen LogP contribution in [0, 0.1) is 13.8 Å². The van der Waals surface area contributed by atoms with E-state index in [2.05, 4.69) is 34.7 Å². The first kappa shape index (κ1) is 26.7. The first-order valence-corrected chi connectivity index (χ1v) is 10.8. The van der Waals surface area contributed by atoms with E-state index in [1.54, 1.807) is 13.4 Å². The Morgan fingerprint density at radius 3 is 2.52 bits per heavy atom. The summed E-state index contributed by atoms with van der Waals surface area (Å²) in [4.78, 5) is 9.30. The molecule has 0 amide bonds. The van der Waals surface area contributed by atoms with E-state index in [1.165, 1.54) is 5.56 Å². The van der Waals surface area contributed by atoms with Crippen molar-refractivity contribution in [1.82, 2.24) is 15.6 Å². The van der Waals surface area contributed by atoms with Gasteiger partial charge in [0.25, 0.3) is 0 Å². The molecule has 1 aromatic heterocycles. The minimum Gasteiger partial charge on any atom is -0.491 e. The molecule has 0 spiro atoms. The zero-order valence-corrected chi connectivity index (χ0v) is 22.0. The van der Waals surface area contributed by atoms with Crippen molar-refractivity contribution in [1.29, 1.82) is 0 Å². The van der Waals surface area contributed by atoms with Crippen LogP contribution in [0.2, 0.25) is 0 Å². The summed E-state index contributed by atoms with van der Waals surface area (Å²) in [5.74, 6) is 2.15. The van der Waals surface area contributed by atoms with E-state index in [0.717, 1.165) is 34.7 Å². The van der Waals surface area contributed by atoms with Gasteiger partial charge in [0.2, 0.25) is 5.89 Å². The third kappa shape index (κ3) is 8.36. The van der Waals surface area contributed by atoms with E-state index in [-0.39, 0.29) is 24.0 Å². The zero-order valence-electron chi connectivity index (χ0n) is 19.7. The lowest BCUT2D eigenvalue weighted by molar-refractivity contribution is 0.145. The lowest BCUT2D eigenvalue weighted by atomic mass is 10.1. The van der Waals surface area contributed by atoms with Crippen molar-refractivity contribution in [2.75, 3.05) is 26.9 Å². The molecule has 0 bridgehead atoms. The Kier molecular flexibility index (Phi) is 11.2. The number of aliphatic imine (C=N–C) groups is 1. The molecule has 2 aromatic carbocycles. The summed E-state index contributed by atoms with van der Waals surface area (Å²) in [5, 5.41) is 6.59. The molecule has 178 valence electrons. The Balaban J connectivity index is 0.00000385. The summed E-state index contributed by atoms with van der Waals surface area (Å²) in [6.45, 7) is 8.94. The number of benzene rings is 2. The third-order valence-corrected chi connectivity index (χ3v) is 4.81. The van der Waals surface area contributed by atoms with Gasteiger partial charge in [0.1, 0.15) is 18.6 Å². The summed E-state index contributed by atoms with van der Waals surface area (Å²) in [5.41, 5.74) is 5.14. The van der Waals surface area contributed by atoms with Gasteiger partial charge in [0.15, 0.2) is 5.96 Å². The molecular formula is C25H33IN4O3. The Morgan fingerprint density at radius 1 is 1.03 bits per heavy atom. The fourth-order valence-electron chi connectivity index (χ4n) is 3.06. The highest BCUT2D eigenvalue weighted by Crippen LogP contribution is 2.21. The number of oxazole rings is 1. The molecule has 0 saturated carbocycles. The maximum Gasteiger partial charge on any atom is 0.226 e. The molecule has 0 unspecified atom stereocenters. The lowest BCUT2D eigenvalue weighted by Gasteiger charge is -2.13. The van der Waals surface area contributed by atoms with Crippen LogP contribution in [0.25, 0.3) is 11.5 Å². The molecule has 2 N–H and O–H groups in total. The highest BCUT2D eigenvalue weighted by atomic mass is 127. The number of hydrogen-bond donors (Lipinski definition) is 2. The van der Waals surface area contributed by atoms with Crippen molar-refractivity contribution in [3.05, 3.63) is 71.1 Å². The van der Waals surface area contributed by atoms with Crippen molar-refractivity contribution in [2.24, 2.45) is 4.99 Å². The van der Waals surface area contributed by atoms with E-state index >= 15 is 0 Å². The van der Waals surface area contributed by atoms with Gasteiger partial charge in [-0.15, -0.1) is 24.0 Å². The molecule has 7 nitrogen and oxygen atoms in total. The molecule has 3 rings (SSSR count). The molecule has 0 aliphatic heterocycles. The van der Waals surface area contributed by atoms with Gasteiger partial charge in [0, 0.05) is 24.8 Å². The summed E-state index contributed by atoms with van der Waals surface area (Å²) in [6.07, 6.45) is 1.67. The third-order valence-electron chi connectivity index (χ3n) is 4.81. The zero-order chi connectivity index (χ0) is 22.8. The topological polar surface area (TPSA) is 80.9 Å². The highest BCUT2D eigenvalue weighted by molar-refractivity contribution is 14.0. The lowest BCUT2D eigenvalue weighted by Crippen LogP contribution is -2.36. The minimum absolute atomic E-state index is 0. The molecule has 0 saturated heterocycles. The predicted octanol–water partition coefficient (Wildman–Crippen LogP) is 4.86. The van der Waals surface area contributed by atoms with Crippen molar-refractivity contribution in [3.8, 4) is 17.2 Å². The Labute approximate surface area is 213 Å². The number of nitrogens with one attached hydrogen (secondary N) is 2. The molecule has 33 heavy (non-hydrogen) atoms. The van der Waals surface area contributed by atoms with Gasteiger partial charge >= 0.3 is 0 Å². The van der Waals surface area contributed by atoms with Crippen LogP contribution in [0.3, 0.4) is 0 Å². The van der Waals surface area contributed by atoms with Crippen molar-refractivity contribution in [3.63, 3.8) is 0 Å². The molecule has 0 aliphatic rings. The van der Waals surface area contributed by atoms with Gasteiger partial charge in [-0.1, -0.05) is 29.8 Å². The van der Waals surface area contributed by atoms with Crippen LogP contribution in [0.1, 0.15) is 29.3 Å². The number of hydrogen-bond acceptors (Lipinski definition) is 5. The average Bonchev–Trinajstić information content (AvgIpc) is 3.26. The van der Waals surface area contributed by atoms with Crippen molar-refractivity contribution < 1.29 is 13.9 Å². The minimum atomic E-state index is 0. The van der Waals surface area contributed by atoms with Gasteiger partial charge < -0.3 is 24.5 Å². The van der Waals surface area contributed by atoms with E-state index in [0.29, 0.717) is 38.2 Å². The van der Waals surface area contributed by atoms with E-state index in [4.69, 9.17) is 18.9 Å². The van der Waals surface area contributed by atoms with Gasteiger partial charge in [-0.3, -0.25) is 0 Å². The molecule has 0 atom stereocenters. The summed E-state index contributed by atoms with van der Waals surface area (Å²) < 4.78 is 16.6. The SMILES string of the molecule is CCNC(=NCc1ccc(C)cc1OCCOC)NCc1coc(-c2ccc(C)cc2)n1.I. The molecule has 0 fully saturated rings. The Bertz CT molecular complexity index is 1020. The number of ether oxygens (including phenoxy) is 2. The van der Waals surface area contributed by atoms with E-state index in [1.807, 2.05) is 44.2 Å². The van der Waals surface area contributed by atoms with Gasteiger partial charge in [0.05, 0.1) is 25.4 Å². The molecular weight excluding hydrogens is 531 g/mol. The monoisotopic (exact) mass is 564 g/mol. The van der Waals surface area contributed by atoms with E-state index in [9.17, 15) is 0 Å². The standard InChI is InChI=1S/C25H32N4O3.HI/c1-5-26-25(27-15-21-11-8-19(3)14-23(21)31-13-12-30-4)28-16-22-17-32-24(29-22)20-9-6-18(2)7-10-20;/h6-11,14,17H,5,12-13,15-16H2,1-4H3,(H2,26,27,28);1H. The first-order chi connectivity index (χ1) is 15.6. The first-order valence-electron chi connectivity index (χ1n) is 10.8. The van der Waals surface area contributed by atoms with Crippen LogP contribution in [0.15, 0.2) is 58.1 Å². The molecule has 3 aromatic rings. The van der Waals surface area contributed by atoms with Gasteiger partial charge in [-0.2, -0.15) is 0 Å². The summed E-state index contributed by atoms with van der Waals surface area (Å²) in [6, 6.07) is 14.3. The number of guanidine groups is 1. The maximum atomic E-state index is 5.87. The van der Waals surface area contributed by atoms with Crippen LogP contribution in [-0.2, 0) is 17.8 Å². The second kappa shape index (κ2) is 13.8. The van der Waals surface area contributed by atoms with Crippen molar-refractivity contribution in [2.45, 2.75) is 33.9 Å². The van der Waals surface area contributed by atoms with E-state index < -0.39 is 0 Å².